The van der Waals surface area contributed by atoms with Crippen molar-refractivity contribution < 1.29 is 14.8 Å². The Balaban J connectivity index is 2.09. The Bertz CT molecular complexity index is 538. The molecule has 1 saturated carbocycles. The Morgan fingerprint density at radius 2 is 2.29 bits per heavy atom. The van der Waals surface area contributed by atoms with Gasteiger partial charge < -0.3 is 15.0 Å². The molecule has 0 radical (unpaired) electrons. The maximum absolute atomic E-state index is 12.2. The molecule has 0 saturated heterocycles. The van der Waals surface area contributed by atoms with E-state index in [4.69, 9.17) is 0 Å². The van der Waals surface area contributed by atoms with Crippen LogP contribution in [0.15, 0.2) is 12.3 Å². The van der Waals surface area contributed by atoms with Crippen molar-refractivity contribution in [2.24, 2.45) is 5.92 Å². The van der Waals surface area contributed by atoms with E-state index in [1.165, 1.54) is 12.3 Å². The molecule has 2 rings (SSSR count). The molecule has 2 unspecified atom stereocenters. The second kappa shape index (κ2) is 6.26. The van der Waals surface area contributed by atoms with Crippen molar-refractivity contribution in [3.63, 3.8) is 0 Å². The minimum Gasteiger partial charge on any atom is -0.393 e. The highest BCUT2D eigenvalue weighted by molar-refractivity contribution is 5.93. The first-order valence-corrected chi connectivity index (χ1v) is 7.22. The largest absolute Gasteiger partial charge is 0.393 e. The minimum atomic E-state index is -0.504. The molecule has 7 heteroatoms. The average molecular weight is 295 g/mol. The third kappa shape index (κ3) is 3.41. The van der Waals surface area contributed by atoms with Gasteiger partial charge in [0.1, 0.15) is 5.69 Å². The lowest BCUT2D eigenvalue weighted by atomic mass is 10.1. The van der Waals surface area contributed by atoms with Crippen LogP contribution in [0, 0.1) is 16.0 Å². The van der Waals surface area contributed by atoms with Crippen LogP contribution in [0.5, 0.6) is 0 Å². The topological polar surface area (TPSA) is 97.4 Å². The Kier molecular flexibility index (Phi) is 4.62. The van der Waals surface area contributed by atoms with Gasteiger partial charge in [0.15, 0.2) is 0 Å². The van der Waals surface area contributed by atoms with E-state index in [1.807, 2.05) is 13.8 Å². The highest BCUT2D eigenvalue weighted by Gasteiger charge is 2.26. The highest BCUT2D eigenvalue weighted by Crippen LogP contribution is 2.25. The van der Waals surface area contributed by atoms with Gasteiger partial charge in [-0.1, -0.05) is 6.42 Å². The molecule has 0 spiro atoms. The molecule has 1 amide bonds. The van der Waals surface area contributed by atoms with Gasteiger partial charge in [-0.15, -0.1) is 0 Å². The van der Waals surface area contributed by atoms with E-state index >= 15 is 0 Å². The molecule has 0 aromatic carbocycles. The number of hydrogen-bond donors (Lipinski definition) is 2. The van der Waals surface area contributed by atoms with E-state index in [1.54, 1.807) is 4.57 Å². The second-order valence-electron chi connectivity index (χ2n) is 5.81. The number of nitrogens with zero attached hydrogens (tertiary/aromatic N) is 2. The number of nitro groups is 1. The molecule has 0 bridgehead atoms. The van der Waals surface area contributed by atoms with Crippen molar-refractivity contribution in [2.45, 2.75) is 45.3 Å². The number of nitrogens with one attached hydrogen (secondary N) is 1. The number of rotatable bonds is 5. The Labute approximate surface area is 123 Å². The fraction of sp³-hybridized carbons (Fsp3) is 0.643. The van der Waals surface area contributed by atoms with Gasteiger partial charge in [0.25, 0.3) is 11.6 Å². The van der Waals surface area contributed by atoms with Crippen molar-refractivity contribution in [3.05, 3.63) is 28.1 Å². The normalized spacial score (nSPS) is 21.7. The SMILES string of the molecule is CC(C)n1cc([N+](=O)[O-])cc1C(=O)NCC1CCCC1O. The first-order chi connectivity index (χ1) is 9.90. The Hall–Kier alpha value is -1.89. The van der Waals surface area contributed by atoms with E-state index in [-0.39, 0.29) is 35.4 Å². The summed E-state index contributed by atoms with van der Waals surface area (Å²) in [4.78, 5) is 22.6. The van der Waals surface area contributed by atoms with Crippen molar-refractivity contribution in [3.8, 4) is 0 Å². The standard InChI is InChI=1S/C14H21N3O4/c1-9(2)16-8-11(17(20)21)6-12(16)14(19)15-7-10-4-3-5-13(10)18/h6,8-10,13,18H,3-5,7H2,1-2H3,(H,15,19). The molecule has 1 aliphatic rings. The summed E-state index contributed by atoms with van der Waals surface area (Å²) in [5, 5.41) is 23.4. The third-order valence-electron chi connectivity index (χ3n) is 3.98. The van der Waals surface area contributed by atoms with Crippen molar-refractivity contribution in [1.82, 2.24) is 9.88 Å². The number of aliphatic hydroxyl groups is 1. The van der Waals surface area contributed by atoms with Gasteiger partial charge in [0.05, 0.1) is 17.2 Å². The predicted molar refractivity (Wildman–Crippen MR) is 77.2 cm³/mol. The van der Waals surface area contributed by atoms with Gasteiger partial charge in [-0.2, -0.15) is 0 Å². The van der Waals surface area contributed by atoms with E-state index < -0.39 is 4.92 Å². The molecule has 1 heterocycles. The molecule has 1 aromatic rings. The van der Waals surface area contributed by atoms with Gasteiger partial charge in [0, 0.05) is 24.6 Å². The van der Waals surface area contributed by atoms with Gasteiger partial charge in [-0.25, -0.2) is 0 Å². The zero-order valence-corrected chi connectivity index (χ0v) is 12.3. The lowest BCUT2D eigenvalue weighted by Gasteiger charge is -2.16. The van der Waals surface area contributed by atoms with Crippen LogP contribution >= 0.6 is 0 Å². The number of hydrogen-bond acceptors (Lipinski definition) is 4. The molecular weight excluding hydrogens is 274 g/mol. The summed E-state index contributed by atoms with van der Waals surface area (Å²) in [5.74, 6) is -0.262. The summed E-state index contributed by atoms with van der Waals surface area (Å²) in [6.07, 6.45) is 3.65. The van der Waals surface area contributed by atoms with Crippen LogP contribution in [0.1, 0.15) is 49.6 Å². The first kappa shape index (κ1) is 15.5. The van der Waals surface area contributed by atoms with Gasteiger partial charge in [-0.05, 0) is 26.7 Å². The second-order valence-corrected chi connectivity index (χ2v) is 5.81. The minimum absolute atomic E-state index is 0.0449. The average Bonchev–Trinajstić information content (AvgIpc) is 3.02. The summed E-state index contributed by atoms with van der Waals surface area (Å²) in [5.41, 5.74) is 0.193. The number of aliphatic hydroxyl groups excluding tert-OH is 1. The van der Waals surface area contributed by atoms with Crippen molar-refractivity contribution in [2.75, 3.05) is 6.54 Å². The maximum Gasteiger partial charge on any atom is 0.287 e. The monoisotopic (exact) mass is 295 g/mol. The van der Waals surface area contributed by atoms with Crippen LogP contribution in [-0.4, -0.2) is 33.2 Å². The third-order valence-corrected chi connectivity index (χ3v) is 3.98. The fourth-order valence-corrected chi connectivity index (χ4v) is 2.74. The first-order valence-electron chi connectivity index (χ1n) is 7.22. The molecule has 2 N–H and O–H groups in total. The van der Waals surface area contributed by atoms with E-state index in [0.717, 1.165) is 19.3 Å². The molecule has 7 nitrogen and oxygen atoms in total. The smallest absolute Gasteiger partial charge is 0.287 e. The molecule has 1 aliphatic carbocycles. The molecule has 21 heavy (non-hydrogen) atoms. The van der Waals surface area contributed by atoms with Gasteiger partial charge in [-0.3, -0.25) is 14.9 Å². The Morgan fingerprint density at radius 3 is 2.81 bits per heavy atom. The van der Waals surface area contributed by atoms with Crippen LogP contribution in [0.3, 0.4) is 0 Å². The number of carbonyl (C=O) groups excluding carboxylic acids is 1. The number of carbonyl (C=O) groups is 1. The summed E-state index contributed by atoms with van der Waals surface area (Å²) in [6.45, 7) is 4.12. The van der Waals surface area contributed by atoms with Crippen LogP contribution < -0.4 is 5.32 Å². The van der Waals surface area contributed by atoms with Crippen LogP contribution in [0.2, 0.25) is 0 Å². The predicted octanol–water partition coefficient (Wildman–Crippen LogP) is 1.87. The zero-order valence-electron chi connectivity index (χ0n) is 12.3. The van der Waals surface area contributed by atoms with Crippen molar-refractivity contribution >= 4 is 11.6 Å². The van der Waals surface area contributed by atoms with Crippen LogP contribution in [-0.2, 0) is 0 Å². The molecule has 2 atom stereocenters. The summed E-state index contributed by atoms with van der Waals surface area (Å²) in [7, 11) is 0. The van der Waals surface area contributed by atoms with E-state index in [0.29, 0.717) is 6.54 Å². The lowest BCUT2D eigenvalue weighted by molar-refractivity contribution is -0.384. The molecular formula is C14H21N3O4. The number of aromatic nitrogens is 1. The van der Waals surface area contributed by atoms with E-state index in [2.05, 4.69) is 5.32 Å². The summed E-state index contributed by atoms with van der Waals surface area (Å²) in [6, 6.07) is 1.25. The summed E-state index contributed by atoms with van der Waals surface area (Å²) >= 11 is 0. The lowest BCUT2D eigenvalue weighted by Crippen LogP contribution is -2.33. The van der Waals surface area contributed by atoms with Crippen molar-refractivity contribution in [1.29, 1.82) is 0 Å². The molecule has 0 aliphatic heterocycles. The van der Waals surface area contributed by atoms with Crippen LogP contribution in [0.4, 0.5) is 5.69 Å². The maximum atomic E-state index is 12.2. The quantitative estimate of drug-likeness (QED) is 0.640. The molecule has 1 aromatic heterocycles. The van der Waals surface area contributed by atoms with Gasteiger partial charge in [0.2, 0.25) is 0 Å². The summed E-state index contributed by atoms with van der Waals surface area (Å²) < 4.78 is 1.60. The molecule has 1 fully saturated rings. The molecule has 116 valence electrons. The van der Waals surface area contributed by atoms with Crippen LogP contribution in [0.25, 0.3) is 0 Å². The fourth-order valence-electron chi connectivity index (χ4n) is 2.74. The van der Waals surface area contributed by atoms with Gasteiger partial charge >= 0.3 is 0 Å². The number of amides is 1. The highest BCUT2D eigenvalue weighted by atomic mass is 16.6. The Morgan fingerprint density at radius 1 is 1.57 bits per heavy atom. The zero-order chi connectivity index (χ0) is 15.6. The van der Waals surface area contributed by atoms with E-state index in [9.17, 15) is 20.0 Å².